The van der Waals surface area contributed by atoms with Crippen molar-refractivity contribution in [2.75, 3.05) is 26.2 Å². The van der Waals surface area contributed by atoms with Gasteiger partial charge in [-0.15, -0.1) is 0 Å². The smallest absolute Gasteiger partial charge is 0.289 e. The van der Waals surface area contributed by atoms with E-state index in [0.717, 1.165) is 19.6 Å². The molecule has 7 heteroatoms. The predicted molar refractivity (Wildman–Crippen MR) is 118 cm³/mol. The molecule has 0 bridgehead atoms. The molecule has 0 atom stereocenters. The van der Waals surface area contributed by atoms with E-state index in [2.05, 4.69) is 17.0 Å². The van der Waals surface area contributed by atoms with Crippen LogP contribution in [-0.2, 0) is 22.1 Å². The van der Waals surface area contributed by atoms with Crippen LogP contribution in [0.1, 0.15) is 27.4 Å². The fourth-order valence-electron chi connectivity index (χ4n) is 3.85. The molecular weight excluding hydrogens is 412 g/mol. The Kier molecular flexibility index (Phi) is 6.25. The van der Waals surface area contributed by atoms with Crippen molar-refractivity contribution < 1.29 is 17.6 Å². The summed E-state index contributed by atoms with van der Waals surface area (Å²) in [4.78, 5) is 17.2. The lowest BCUT2D eigenvalue weighted by Gasteiger charge is -2.34. The molecule has 2 heterocycles. The molecular formula is C24H26N2O4S. The minimum Gasteiger partial charge on any atom is -0.455 e. The van der Waals surface area contributed by atoms with Crippen molar-refractivity contribution in [1.29, 1.82) is 0 Å². The molecule has 2 aromatic carbocycles. The lowest BCUT2D eigenvalue weighted by atomic mass is 10.2. The van der Waals surface area contributed by atoms with Gasteiger partial charge < -0.3 is 9.32 Å². The number of hydrogen-bond acceptors (Lipinski definition) is 5. The van der Waals surface area contributed by atoms with Gasteiger partial charge in [0.15, 0.2) is 15.6 Å². The van der Waals surface area contributed by atoms with Crippen molar-refractivity contribution in [3.05, 3.63) is 89.4 Å². The third-order valence-electron chi connectivity index (χ3n) is 5.54. The maximum atomic E-state index is 12.8. The van der Waals surface area contributed by atoms with E-state index in [1.165, 1.54) is 5.56 Å². The van der Waals surface area contributed by atoms with E-state index >= 15 is 0 Å². The van der Waals surface area contributed by atoms with Gasteiger partial charge in [0, 0.05) is 32.7 Å². The minimum atomic E-state index is -3.54. The number of benzene rings is 2. The van der Waals surface area contributed by atoms with Gasteiger partial charge in [0.2, 0.25) is 0 Å². The summed E-state index contributed by atoms with van der Waals surface area (Å²) in [5, 5.41) is 0. The Labute approximate surface area is 183 Å². The molecule has 6 nitrogen and oxygen atoms in total. The molecule has 1 aliphatic heterocycles. The standard InChI is InChI=1S/C24H26N2O4S/c1-19-7-5-6-10-23(19)31(28,29)18-21-11-12-22(30-21)24(27)26-15-13-25(14-16-26)17-20-8-3-2-4-9-20/h2-12H,13-18H2,1H3. The average Bonchev–Trinajstić information content (AvgIpc) is 3.22. The van der Waals surface area contributed by atoms with E-state index in [9.17, 15) is 13.2 Å². The Morgan fingerprint density at radius 1 is 0.903 bits per heavy atom. The fourth-order valence-corrected chi connectivity index (χ4v) is 5.38. The van der Waals surface area contributed by atoms with Crippen LogP contribution in [0.25, 0.3) is 0 Å². The van der Waals surface area contributed by atoms with Gasteiger partial charge in [0.25, 0.3) is 5.91 Å². The summed E-state index contributed by atoms with van der Waals surface area (Å²) in [6, 6.07) is 20.3. The third kappa shape index (κ3) is 5.06. The molecule has 1 amide bonds. The Balaban J connectivity index is 1.36. The van der Waals surface area contributed by atoms with Crippen molar-refractivity contribution in [2.45, 2.75) is 24.1 Å². The number of carbonyl (C=O) groups excluding carboxylic acids is 1. The number of piperazine rings is 1. The SMILES string of the molecule is Cc1ccccc1S(=O)(=O)Cc1ccc(C(=O)N2CCN(Cc3ccccc3)CC2)o1. The quantitative estimate of drug-likeness (QED) is 0.589. The van der Waals surface area contributed by atoms with Crippen molar-refractivity contribution >= 4 is 15.7 Å². The zero-order chi connectivity index (χ0) is 21.8. The average molecular weight is 439 g/mol. The summed E-state index contributed by atoms with van der Waals surface area (Å²) in [5.74, 6) is -0.00425. The number of amides is 1. The summed E-state index contributed by atoms with van der Waals surface area (Å²) >= 11 is 0. The van der Waals surface area contributed by atoms with E-state index in [4.69, 9.17) is 4.42 Å². The van der Waals surface area contributed by atoms with Crippen molar-refractivity contribution in [3.63, 3.8) is 0 Å². The second-order valence-corrected chi connectivity index (χ2v) is 9.80. The Hall–Kier alpha value is -2.90. The van der Waals surface area contributed by atoms with Crippen LogP contribution in [0.4, 0.5) is 0 Å². The molecule has 4 rings (SSSR count). The van der Waals surface area contributed by atoms with Crippen molar-refractivity contribution in [2.24, 2.45) is 0 Å². The van der Waals surface area contributed by atoms with E-state index in [1.807, 2.05) is 18.2 Å². The second-order valence-electron chi connectivity index (χ2n) is 7.84. The first-order valence-electron chi connectivity index (χ1n) is 10.3. The van der Waals surface area contributed by atoms with Crippen LogP contribution in [0.15, 0.2) is 76.0 Å². The second kappa shape index (κ2) is 9.08. The van der Waals surface area contributed by atoms with Crippen LogP contribution in [0.3, 0.4) is 0 Å². The molecule has 1 saturated heterocycles. The van der Waals surface area contributed by atoms with E-state index in [0.29, 0.717) is 18.7 Å². The maximum absolute atomic E-state index is 12.8. The summed E-state index contributed by atoms with van der Waals surface area (Å²) < 4.78 is 31.1. The highest BCUT2D eigenvalue weighted by Crippen LogP contribution is 2.22. The van der Waals surface area contributed by atoms with Gasteiger partial charge in [-0.3, -0.25) is 9.69 Å². The van der Waals surface area contributed by atoms with Gasteiger partial charge in [-0.2, -0.15) is 0 Å². The molecule has 0 spiro atoms. The molecule has 1 aliphatic rings. The molecule has 0 saturated carbocycles. The largest absolute Gasteiger partial charge is 0.455 e. The third-order valence-corrected chi connectivity index (χ3v) is 7.33. The Morgan fingerprint density at radius 2 is 1.58 bits per heavy atom. The van der Waals surface area contributed by atoms with Gasteiger partial charge in [-0.25, -0.2) is 8.42 Å². The van der Waals surface area contributed by atoms with Crippen LogP contribution in [0.2, 0.25) is 0 Å². The summed E-state index contributed by atoms with van der Waals surface area (Å²) in [7, 11) is -3.54. The first kappa shape index (κ1) is 21.3. The van der Waals surface area contributed by atoms with E-state index < -0.39 is 9.84 Å². The van der Waals surface area contributed by atoms with Crippen LogP contribution < -0.4 is 0 Å². The van der Waals surface area contributed by atoms with Crippen molar-refractivity contribution in [3.8, 4) is 0 Å². The zero-order valence-electron chi connectivity index (χ0n) is 17.5. The highest BCUT2D eigenvalue weighted by molar-refractivity contribution is 7.90. The number of sulfone groups is 1. The minimum absolute atomic E-state index is 0.187. The van der Waals surface area contributed by atoms with Gasteiger partial charge in [-0.1, -0.05) is 48.5 Å². The van der Waals surface area contributed by atoms with Crippen LogP contribution in [-0.4, -0.2) is 50.3 Å². The molecule has 0 aliphatic carbocycles. The van der Waals surface area contributed by atoms with Crippen molar-refractivity contribution in [1.82, 2.24) is 9.80 Å². The summed E-state index contributed by atoms with van der Waals surface area (Å²) in [6.45, 7) is 5.43. The maximum Gasteiger partial charge on any atom is 0.289 e. The first-order valence-corrected chi connectivity index (χ1v) is 12.0. The van der Waals surface area contributed by atoms with Gasteiger partial charge in [0.1, 0.15) is 11.5 Å². The molecule has 0 unspecified atom stereocenters. The molecule has 162 valence electrons. The van der Waals surface area contributed by atoms with Gasteiger partial charge in [-0.05, 0) is 36.2 Å². The highest BCUT2D eigenvalue weighted by Gasteiger charge is 2.26. The molecule has 1 aromatic heterocycles. The van der Waals surface area contributed by atoms with E-state index in [-0.39, 0.29) is 28.1 Å². The van der Waals surface area contributed by atoms with Gasteiger partial charge in [0.05, 0.1) is 4.90 Å². The number of hydrogen-bond donors (Lipinski definition) is 0. The number of nitrogens with zero attached hydrogens (tertiary/aromatic N) is 2. The first-order chi connectivity index (χ1) is 14.9. The highest BCUT2D eigenvalue weighted by atomic mass is 32.2. The number of furan rings is 1. The fraction of sp³-hybridized carbons (Fsp3) is 0.292. The zero-order valence-corrected chi connectivity index (χ0v) is 18.3. The predicted octanol–water partition coefficient (Wildman–Crippen LogP) is 3.52. The number of rotatable bonds is 6. The Morgan fingerprint density at radius 3 is 2.29 bits per heavy atom. The van der Waals surface area contributed by atoms with Crippen LogP contribution in [0.5, 0.6) is 0 Å². The topological polar surface area (TPSA) is 70.8 Å². The monoisotopic (exact) mass is 438 g/mol. The Bertz CT molecular complexity index is 1150. The van der Waals surface area contributed by atoms with Gasteiger partial charge >= 0.3 is 0 Å². The van der Waals surface area contributed by atoms with E-state index in [1.54, 1.807) is 48.2 Å². The normalized spacial score (nSPS) is 15.2. The molecule has 0 N–H and O–H groups in total. The lowest BCUT2D eigenvalue weighted by molar-refractivity contribution is 0.0596. The number of carbonyl (C=O) groups is 1. The molecule has 1 fully saturated rings. The summed E-state index contributed by atoms with van der Waals surface area (Å²) in [5.41, 5.74) is 1.95. The lowest BCUT2D eigenvalue weighted by Crippen LogP contribution is -2.48. The molecule has 31 heavy (non-hydrogen) atoms. The van der Waals surface area contributed by atoms with Crippen LogP contribution in [0, 0.1) is 6.92 Å². The number of aryl methyl sites for hydroxylation is 1. The molecule has 3 aromatic rings. The van der Waals surface area contributed by atoms with Crippen LogP contribution >= 0.6 is 0 Å². The molecule has 0 radical (unpaired) electrons. The summed E-state index contributed by atoms with van der Waals surface area (Å²) in [6.07, 6.45) is 0.